The van der Waals surface area contributed by atoms with E-state index in [0.29, 0.717) is 25.7 Å². The van der Waals surface area contributed by atoms with Crippen molar-refractivity contribution in [3.63, 3.8) is 0 Å². The van der Waals surface area contributed by atoms with Crippen LogP contribution in [0.4, 0.5) is 0 Å². The van der Waals surface area contributed by atoms with Crippen molar-refractivity contribution in [3.05, 3.63) is 11.6 Å². The van der Waals surface area contributed by atoms with Gasteiger partial charge in [0.15, 0.2) is 6.29 Å². The maximum atomic E-state index is 12.1. The molecule has 0 spiro atoms. The van der Waals surface area contributed by atoms with Crippen LogP contribution in [-0.2, 0) is 9.47 Å². The highest BCUT2D eigenvalue weighted by molar-refractivity contribution is 5.22. The van der Waals surface area contributed by atoms with Gasteiger partial charge in [-0.1, -0.05) is 46.3 Å². The summed E-state index contributed by atoms with van der Waals surface area (Å²) in [7, 11) is 0. The SMILES string of the molecule is CC(C)=CCCC(C)(O)[C@H]1CC[C@]2(C)[C@@H]1[C@H](O)C[C@@H]1[C@@]3(C)CC[C@H](O)C(C)(C)[C@@H]3[C@@H](O[C@@H]3O[C@H](CO)[C@@H](O)[C@H](O)[C@H]3O)C[C@]12C. The maximum Gasteiger partial charge on any atom is 0.186 e. The summed E-state index contributed by atoms with van der Waals surface area (Å²) in [6.07, 6.45) is -0.603. The first-order chi connectivity index (χ1) is 20.8. The highest BCUT2D eigenvalue weighted by Gasteiger charge is 2.73. The van der Waals surface area contributed by atoms with Gasteiger partial charge in [0, 0.05) is 0 Å². The van der Waals surface area contributed by atoms with Crippen molar-refractivity contribution in [1.29, 1.82) is 0 Å². The van der Waals surface area contributed by atoms with E-state index in [0.717, 1.165) is 25.7 Å². The number of aliphatic hydroxyl groups is 7. The molecule has 0 bridgehead atoms. The standard InChI is InChI=1S/C36H62O9/c1-19(2)10-9-13-36(8,43)20-11-15-34(6)26(20)21(38)16-24-33(5)14-12-25(39)32(3,4)30(33)22(17-35(24,34)7)44-31-29(42)28(41)27(40)23(18-37)45-31/h10,20-31,37-43H,9,11-18H2,1-8H3/t20-,21+,22-,23+,24+,25-,26-,27+,28-,29+,30-,31+,33+,34+,35+,36?/m0/s1. The molecule has 1 unspecified atom stereocenters. The lowest BCUT2D eigenvalue weighted by Gasteiger charge is -2.72. The summed E-state index contributed by atoms with van der Waals surface area (Å²) in [5.41, 5.74) is -1.21. The molecule has 5 aliphatic rings. The van der Waals surface area contributed by atoms with Crippen LogP contribution in [0.15, 0.2) is 11.6 Å². The molecule has 5 rings (SSSR count). The second-order valence-electron chi connectivity index (χ2n) is 17.5. The Morgan fingerprint density at radius 1 is 0.933 bits per heavy atom. The van der Waals surface area contributed by atoms with E-state index < -0.39 is 66.6 Å². The Morgan fingerprint density at radius 2 is 1.60 bits per heavy atom. The highest BCUT2D eigenvalue weighted by atomic mass is 16.7. The molecule has 1 aliphatic heterocycles. The fourth-order valence-electron chi connectivity index (χ4n) is 11.9. The Bertz CT molecular complexity index is 1100. The van der Waals surface area contributed by atoms with E-state index in [1.54, 1.807) is 0 Å². The predicted molar refractivity (Wildman–Crippen MR) is 170 cm³/mol. The van der Waals surface area contributed by atoms with E-state index in [-0.39, 0.29) is 39.9 Å². The summed E-state index contributed by atoms with van der Waals surface area (Å²) in [4.78, 5) is 0. The second-order valence-corrected chi connectivity index (χ2v) is 17.5. The van der Waals surface area contributed by atoms with Crippen molar-refractivity contribution < 1.29 is 45.2 Å². The van der Waals surface area contributed by atoms with E-state index in [1.165, 1.54) is 5.57 Å². The van der Waals surface area contributed by atoms with Gasteiger partial charge in [-0.2, -0.15) is 0 Å². The van der Waals surface area contributed by atoms with E-state index >= 15 is 0 Å². The van der Waals surface area contributed by atoms with Crippen molar-refractivity contribution >= 4 is 0 Å². The summed E-state index contributed by atoms with van der Waals surface area (Å²) >= 11 is 0. The summed E-state index contributed by atoms with van der Waals surface area (Å²) in [6, 6.07) is 0. The van der Waals surface area contributed by atoms with Crippen molar-refractivity contribution in [2.45, 2.75) is 161 Å². The van der Waals surface area contributed by atoms with Crippen LogP contribution in [0.5, 0.6) is 0 Å². The van der Waals surface area contributed by atoms with Gasteiger partial charge < -0.3 is 45.2 Å². The molecule has 4 saturated carbocycles. The molecule has 4 aliphatic carbocycles. The number of allylic oxidation sites excluding steroid dienone is 2. The molecule has 1 heterocycles. The third-order valence-electron chi connectivity index (χ3n) is 14.4. The average molecular weight is 639 g/mol. The first-order valence-electron chi connectivity index (χ1n) is 17.4. The molecule has 0 amide bonds. The van der Waals surface area contributed by atoms with Gasteiger partial charge >= 0.3 is 0 Å². The van der Waals surface area contributed by atoms with Gasteiger partial charge in [0.05, 0.1) is 30.5 Å². The minimum atomic E-state index is -1.54. The van der Waals surface area contributed by atoms with Crippen molar-refractivity contribution in [2.24, 2.45) is 45.3 Å². The Labute approximate surface area is 270 Å². The van der Waals surface area contributed by atoms with Crippen molar-refractivity contribution in [1.82, 2.24) is 0 Å². The van der Waals surface area contributed by atoms with E-state index in [9.17, 15) is 35.7 Å². The molecule has 0 radical (unpaired) electrons. The van der Waals surface area contributed by atoms with Crippen LogP contribution >= 0.6 is 0 Å². The number of fused-ring (bicyclic) bond motifs is 5. The Kier molecular flexibility index (Phi) is 9.56. The number of rotatable bonds is 7. The number of aliphatic hydroxyl groups excluding tert-OH is 6. The van der Waals surface area contributed by atoms with E-state index in [1.807, 2.05) is 6.92 Å². The maximum absolute atomic E-state index is 12.1. The van der Waals surface area contributed by atoms with Crippen LogP contribution in [0.3, 0.4) is 0 Å². The molecule has 45 heavy (non-hydrogen) atoms. The van der Waals surface area contributed by atoms with Crippen molar-refractivity contribution in [3.8, 4) is 0 Å². The fourth-order valence-corrected chi connectivity index (χ4v) is 11.9. The molecule has 16 atom stereocenters. The van der Waals surface area contributed by atoms with E-state index in [2.05, 4.69) is 54.5 Å². The van der Waals surface area contributed by atoms with Crippen molar-refractivity contribution in [2.75, 3.05) is 6.61 Å². The zero-order chi connectivity index (χ0) is 33.5. The molecule has 0 aromatic carbocycles. The summed E-state index contributed by atoms with van der Waals surface area (Å²) in [5, 5.41) is 77.2. The highest BCUT2D eigenvalue weighted by Crippen LogP contribution is 2.76. The van der Waals surface area contributed by atoms with Crippen LogP contribution in [-0.4, -0.2) is 97.0 Å². The average Bonchev–Trinajstić information content (AvgIpc) is 3.33. The summed E-state index contributed by atoms with van der Waals surface area (Å²) < 4.78 is 12.6. The zero-order valence-electron chi connectivity index (χ0n) is 28.8. The predicted octanol–water partition coefficient (Wildman–Crippen LogP) is 3.30. The lowest BCUT2D eigenvalue weighted by molar-refractivity contribution is -0.346. The monoisotopic (exact) mass is 638 g/mol. The normalized spacial score (nSPS) is 52.2. The Hall–Kier alpha value is -0.620. The Morgan fingerprint density at radius 3 is 2.22 bits per heavy atom. The third kappa shape index (κ3) is 5.48. The number of hydrogen-bond acceptors (Lipinski definition) is 9. The minimum Gasteiger partial charge on any atom is -0.394 e. The van der Waals surface area contributed by atoms with Crippen LogP contribution in [0.2, 0.25) is 0 Å². The largest absolute Gasteiger partial charge is 0.394 e. The number of ether oxygens (including phenoxy) is 2. The molecular weight excluding hydrogens is 576 g/mol. The first-order valence-corrected chi connectivity index (χ1v) is 17.4. The van der Waals surface area contributed by atoms with Gasteiger partial charge in [0.2, 0.25) is 0 Å². The molecule has 9 nitrogen and oxygen atoms in total. The first kappa shape index (κ1) is 35.7. The molecule has 5 fully saturated rings. The molecule has 260 valence electrons. The third-order valence-corrected chi connectivity index (χ3v) is 14.4. The van der Waals surface area contributed by atoms with Crippen LogP contribution in [0, 0.1) is 45.3 Å². The van der Waals surface area contributed by atoms with Crippen LogP contribution in [0.25, 0.3) is 0 Å². The molecule has 9 heteroatoms. The van der Waals surface area contributed by atoms with Crippen LogP contribution < -0.4 is 0 Å². The van der Waals surface area contributed by atoms with Gasteiger partial charge in [0.25, 0.3) is 0 Å². The van der Waals surface area contributed by atoms with Gasteiger partial charge in [-0.05, 0) is 117 Å². The Balaban J connectivity index is 1.54. The molecule has 0 aromatic rings. The van der Waals surface area contributed by atoms with Gasteiger partial charge in [-0.25, -0.2) is 0 Å². The van der Waals surface area contributed by atoms with Gasteiger partial charge in [-0.15, -0.1) is 0 Å². The minimum absolute atomic E-state index is 0.0548. The lowest BCUT2D eigenvalue weighted by atomic mass is 9.34. The fraction of sp³-hybridized carbons (Fsp3) is 0.944. The van der Waals surface area contributed by atoms with Crippen LogP contribution in [0.1, 0.15) is 107 Å². The second kappa shape index (κ2) is 12.1. The molecule has 7 N–H and O–H groups in total. The summed E-state index contributed by atoms with van der Waals surface area (Å²) in [6.45, 7) is 16.6. The molecule has 0 aromatic heterocycles. The summed E-state index contributed by atoms with van der Waals surface area (Å²) in [5.74, 6) is -0.186. The van der Waals surface area contributed by atoms with Gasteiger partial charge in [-0.3, -0.25) is 0 Å². The van der Waals surface area contributed by atoms with Gasteiger partial charge in [0.1, 0.15) is 24.4 Å². The zero-order valence-corrected chi connectivity index (χ0v) is 28.8. The quantitative estimate of drug-likeness (QED) is 0.164. The number of hydrogen-bond donors (Lipinski definition) is 7. The van der Waals surface area contributed by atoms with E-state index in [4.69, 9.17) is 9.47 Å². The smallest absolute Gasteiger partial charge is 0.186 e. The molecule has 1 saturated heterocycles. The topological polar surface area (TPSA) is 160 Å². The lowest BCUT2D eigenvalue weighted by Crippen LogP contribution is -2.71. The molecular formula is C36H62O9.